The fourth-order valence-corrected chi connectivity index (χ4v) is 6.58. The lowest BCUT2D eigenvalue weighted by Crippen LogP contribution is -2.42. The number of benzene rings is 2. The maximum absolute atomic E-state index is 12.7. The highest BCUT2D eigenvalue weighted by atomic mass is 19.4. The Morgan fingerprint density at radius 2 is 1.64 bits per heavy atom. The Bertz CT molecular complexity index is 2130. The molecule has 58 heavy (non-hydrogen) atoms. The molecule has 0 radical (unpaired) electrons. The number of halogens is 3. The Hall–Kier alpha value is -6.38. The van der Waals surface area contributed by atoms with Crippen molar-refractivity contribution in [3.63, 3.8) is 0 Å². The number of hydrogen-bond donors (Lipinski definition) is 7. The van der Waals surface area contributed by atoms with Crippen LogP contribution in [-0.2, 0) is 14.3 Å². The van der Waals surface area contributed by atoms with Gasteiger partial charge in [0, 0.05) is 44.3 Å². The first-order valence-corrected chi connectivity index (χ1v) is 18.2. The van der Waals surface area contributed by atoms with Crippen molar-refractivity contribution in [1.29, 1.82) is 0 Å². The number of aliphatic hydroxyl groups excluding tert-OH is 2. The molecule has 0 bridgehead atoms. The third kappa shape index (κ3) is 9.76. The molecule has 5 aromatic rings. The van der Waals surface area contributed by atoms with Gasteiger partial charge in [0.05, 0.1) is 18.2 Å². The van der Waals surface area contributed by atoms with Gasteiger partial charge in [-0.1, -0.05) is 60.7 Å². The summed E-state index contributed by atoms with van der Waals surface area (Å²) in [6, 6.07) is 23.4. The summed E-state index contributed by atoms with van der Waals surface area (Å²) in [5.41, 5.74) is 3.60. The summed E-state index contributed by atoms with van der Waals surface area (Å²) >= 11 is 0. The van der Waals surface area contributed by atoms with Gasteiger partial charge in [0.1, 0.15) is 12.2 Å². The van der Waals surface area contributed by atoms with E-state index in [9.17, 15) is 33.0 Å². The number of amides is 3. The highest BCUT2D eigenvalue weighted by Crippen LogP contribution is 2.34. The van der Waals surface area contributed by atoms with Crippen molar-refractivity contribution in [1.82, 2.24) is 35.1 Å². The van der Waals surface area contributed by atoms with E-state index in [2.05, 4.69) is 55.5 Å². The van der Waals surface area contributed by atoms with Crippen LogP contribution in [0.4, 0.5) is 35.4 Å². The first kappa shape index (κ1) is 41.3. The number of ether oxygens (including phenoxy) is 1. The number of nitrogens with zero attached hydrogens (tertiary/aromatic N) is 6. The number of pyridine rings is 1. The third-order valence-electron chi connectivity index (χ3n) is 9.38. The van der Waals surface area contributed by atoms with Crippen LogP contribution >= 0.6 is 0 Å². The monoisotopic (exact) mass is 806 g/mol. The van der Waals surface area contributed by atoms with E-state index in [0.717, 1.165) is 11.1 Å². The maximum Gasteiger partial charge on any atom is 0.490 e. The number of aromatic nitrogens is 5. The van der Waals surface area contributed by atoms with Crippen LogP contribution in [0, 0.1) is 0 Å². The zero-order valence-corrected chi connectivity index (χ0v) is 31.0. The predicted molar refractivity (Wildman–Crippen MR) is 204 cm³/mol. The number of carboxylic acid groups (broad SMARTS) is 1. The summed E-state index contributed by atoms with van der Waals surface area (Å²) in [4.78, 5) is 54.7. The summed E-state index contributed by atoms with van der Waals surface area (Å²) < 4.78 is 39.2. The average molecular weight is 807 g/mol. The number of carbonyl (C=O) groups is 3. The van der Waals surface area contributed by atoms with Gasteiger partial charge in [0.25, 0.3) is 5.91 Å². The highest BCUT2D eigenvalue weighted by molar-refractivity contribution is 5.89. The first-order valence-electron chi connectivity index (χ1n) is 18.2. The SMILES string of the molecule is CCNC(=O)[C@H]1O[C@@H](n2cnc3c(NCC(c4ccccc4)c4ccccc4)nc(N4CC[C@@H](NC(=O)Nc5cccnc5)C4)nc32)[C@H](O)[C@@H]1O.O=C(O)C(F)(F)F. The molecule has 7 rings (SSSR count). The highest BCUT2D eigenvalue weighted by Gasteiger charge is 2.48. The number of aliphatic hydroxyl groups is 2. The molecule has 3 aromatic heterocycles. The van der Waals surface area contributed by atoms with E-state index in [1.807, 2.05) is 41.3 Å². The fraction of sp³-hybridized carbons (Fsp3) is 0.342. The molecule has 17 nitrogen and oxygen atoms in total. The minimum atomic E-state index is -5.08. The van der Waals surface area contributed by atoms with Gasteiger partial charge in [-0.25, -0.2) is 14.6 Å². The number of imidazole rings is 1. The number of carboxylic acids is 1. The average Bonchev–Trinajstić information content (AvgIpc) is 3.93. The lowest BCUT2D eigenvalue weighted by atomic mass is 9.91. The normalized spacial score (nSPS) is 20.3. The lowest BCUT2D eigenvalue weighted by molar-refractivity contribution is -0.192. The number of hydrogen-bond acceptors (Lipinski definition) is 12. The van der Waals surface area contributed by atoms with Gasteiger partial charge in [-0.15, -0.1) is 0 Å². The molecule has 5 heterocycles. The standard InChI is InChI=1S/C36H40N10O5.C2HF3O2/c1-2-38-33(49)30-28(47)29(48)34(51-30)46-21-40-27-31(39-19-26(22-10-5-3-6-11-22)23-12-7-4-8-13-23)43-35(44-32(27)46)45-17-15-25(20-45)42-36(50)41-24-14-9-16-37-18-24;3-2(4,5)1(6)7/h3-14,16,18,21,25-26,28-30,34,47-48H,2,15,17,19-20H2,1H3,(H,38,49)(H,39,43,44)(H2,41,42,50);(H,6,7)/t25-,28+,29-,30+,34-;/m1./s1. The molecule has 0 unspecified atom stereocenters. The van der Waals surface area contributed by atoms with Crippen molar-refractivity contribution in [2.24, 2.45) is 0 Å². The summed E-state index contributed by atoms with van der Waals surface area (Å²) in [6.07, 6.45) is -5.06. The van der Waals surface area contributed by atoms with Gasteiger partial charge in [-0.05, 0) is 36.6 Å². The fourth-order valence-electron chi connectivity index (χ4n) is 6.58. The number of rotatable bonds is 11. The molecule has 0 saturated carbocycles. The van der Waals surface area contributed by atoms with Gasteiger partial charge in [0.15, 0.2) is 29.3 Å². The van der Waals surface area contributed by atoms with Crippen molar-refractivity contribution in [3.05, 3.63) is 103 Å². The van der Waals surface area contributed by atoms with Gasteiger partial charge in [0.2, 0.25) is 5.95 Å². The van der Waals surface area contributed by atoms with Crippen LogP contribution in [-0.4, -0.2) is 114 Å². The van der Waals surface area contributed by atoms with Crippen LogP contribution in [0.3, 0.4) is 0 Å². The second-order valence-electron chi connectivity index (χ2n) is 13.3. The molecule has 306 valence electrons. The zero-order valence-electron chi connectivity index (χ0n) is 31.0. The Morgan fingerprint density at radius 3 is 2.24 bits per heavy atom. The minimum Gasteiger partial charge on any atom is -0.475 e. The van der Waals surface area contributed by atoms with Gasteiger partial charge in [-0.3, -0.25) is 14.3 Å². The lowest BCUT2D eigenvalue weighted by Gasteiger charge is -2.22. The van der Waals surface area contributed by atoms with Crippen molar-refractivity contribution in [3.8, 4) is 0 Å². The Balaban J connectivity index is 0.000000743. The van der Waals surface area contributed by atoms with Crippen LogP contribution < -0.4 is 26.2 Å². The first-order chi connectivity index (χ1) is 27.8. The minimum absolute atomic E-state index is 0.0189. The van der Waals surface area contributed by atoms with E-state index in [1.165, 1.54) is 10.9 Å². The Labute approximate surface area is 329 Å². The quantitative estimate of drug-likeness (QED) is 0.102. The largest absolute Gasteiger partial charge is 0.490 e. The maximum atomic E-state index is 12.7. The molecular weight excluding hydrogens is 765 g/mol. The molecule has 3 amide bonds. The van der Waals surface area contributed by atoms with Gasteiger partial charge in [-0.2, -0.15) is 23.1 Å². The molecule has 2 aliphatic heterocycles. The van der Waals surface area contributed by atoms with Crippen molar-refractivity contribution >= 4 is 46.5 Å². The second kappa shape index (κ2) is 18.3. The summed E-state index contributed by atoms with van der Waals surface area (Å²) in [5, 5.41) is 40.9. The van der Waals surface area contributed by atoms with Gasteiger partial charge < -0.3 is 46.2 Å². The van der Waals surface area contributed by atoms with Crippen LogP contribution in [0.25, 0.3) is 11.2 Å². The van der Waals surface area contributed by atoms with Crippen molar-refractivity contribution in [2.75, 3.05) is 41.7 Å². The van der Waals surface area contributed by atoms with Crippen molar-refractivity contribution < 1.29 is 47.6 Å². The topological polar surface area (TPSA) is 229 Å². The van der Waals surface area contributed by atoms with Crippen LogP contribution in [0.15, 0.2) is 91.5 Å². The van der Waals surface area contributed by atoms with E-state index in [-0.39, 0.29) is 18.0 Å². The van der Waals surface area contributed by atoms with Crippen LogP contribution in [0.1, 0.15) is 36.6 Å². The number of fused-ring (bicyclic) bond motifs is 1. The molecular formula is C38H41F3N10O7. The summed E-state index contributed by atoms with van der Waals surface area (Å²) in [5.74, 6) is -2.45. The molecule has 7 N–H and O–H groups in total. The molecule has 0 spiro atoms. The summed E-state index contributed by atoms with van der Waals surface area (Å²) in [6.45, 7) is 3.58. The molecule has 2 aliphatic rings. The number of urea groups is 1. The van der Waals surface area contributed by atoms with E-state index >= 15 is 0 Å². The Morgan fingerprint density at radius 1 is 0.966 bits per heavy atom. The molecule has 2 saturated heterocycles. The number of alkyl halides is 3. The van der Waals surface area contributed by atoms with Crippen LogP contribution in [0.2, 0.25) is 0 Å². The molecule has 20 heteroatoms. The number of carbonyl (C=O) groups excluding carboxylic acids is 2. The Kier molecular flexibility index (Phi) is 13.0. The summed E-state index contributed by atoms with van der Waals surface area (Å²) in [7, 11) is 0. The van der Waals surface area contributed by atoms with Crippen molar-refractivity contribution in [2.45, 2.75) is 56.0 Å². The van der Waals surface area contributed by atoms with Crippen LogP contribution in [0.5, 0.6) is 0 Å². The number of likely N-dealkylation sites (N-methyl/N-ethyl adjacent to an activating group) is 1. The van der Waals surface area contributed by atoms with E-state index < -0.39 is 42.6 Å². The molecule has 2 aromatic carbocycles. The number of aliphatic carboxylic acids is 1. The van der Waals surface area contributed by atoms with Gasteiger partial charge >= 0.3 is 18.2 Å². The number of anilines is 3. The molecule has 0 aliphatic carbocycles. The third-order valence-corrected chi connectivity index (χ3v) is 9.38. The predicted octanol–water partition coefficient (Wildman–Crippen LogP) is 3.25. The molecule has 2 fully saturated rings. The second-order valence-corrected chi connectivity index (χ2v) is 13.3. The zero-order chi connectivity index (χ0) is 41.4. The van der Waals surface area contributed by atoms with E-state index in [0.29, 0.717) is 61.2 Å². The molecule has 5 atom stereocenters. The van der Waals surface area contributed by atoms with E-state index in [4.69, 9.17) is 24.6 Å². The number of nitrogens with one attached hydrogen (secondary N) is 4. The van der Waals surface area contributed by atoms with E-state index in [1.54, 1.807) is 31.5 Å². The smallest absolute Gasteiger partial charge is 0.475 e.